The van der Waals surface area contributed by atoms with E-state index in [-0.39, 0.29) is 11.9 Å². The third kappa shape index (κ3) is 3.82. The van der Waals surface area contributed by atoms with Crippen LogP contribution < -0.4 is 5.32 Å². The summed E-state index contributed by atoms with van der Waals surface area (Å²) in [4.78, 5) is 18.4. The largest absolute Gasteiger partial charge is 0.345 e. The summed E-state index contributed by atoms with van der Waals surface area (Å²) in [5, 5.41) is 3.52. The van der Waals surface area contributed by atoms with Gasteiger partial charge >= 0.3 is 0 Å². The van der Waals surface area contributed by atoms with Crippen LogP contribution in [-0.2, 0) is 4.79 Å². The molecule has 1 amide bonds. The van der Waals surface area contributed by atoms with E-state index in [1.54, 1.807) is 11.8 Å². The zero-order chi connectivity index (χ0) is 16.8. The van der Waals surface area contributed by atoms with E-state index < -0.39 is 0 Å². The topological polar surface area (TPSA) is 44.7 Å². The van der Waals surface area contributed by atoms with Gasteiger partial charge in [0.1, 0.15) is 0 Å². The van der Waals surface area contributed by atoms with Crippen LogP contribution in [0.4, 0.5) is 0 Å². The highest BCUT2D eigenvalue weighted by atomic mass is 16.2. The van der Waals surface area contributed by atoms with Crippen LogP contribution in [-0.4, -0.2) is 29.9 Å². The van der Waals surface area contributed by atoms with Gasteiger partial charge in [-0.05, 0) is 24.0 Å². The van der Waals surface area contributed by atoms with Gasteiger partial charge in [-0.3, -0.25) is 14.7 Å². The van der Waals surface area contributed by atoms with Gasteiger partial charge in [0, 0.05) is 20.0 Å². The molecule has 1 aliphatic rings. The predicted molar refractivity (Wildman–Crippen MR) is 96.8 cm³/mol. The molecule has 4 nitrogen and oxygen atoms in total. The van der Waals surface area contributed by atoms with Gasteiger partial charge in [-0.25, -0.2) is 0 Å². The van der Waals surface area contributed by atoms with Crippen molar-refractivity contribution in [1.82, 2.24) is 10.2 Å². The van der Waals surface area contributed by atoms with Crippen LogP contribution in [0.5, 0.6) is 0 Å². The van der Waals surface area contributed by atoms with E-state index in [1.807, 2.05) is 36.4 Å². The average Bonchev–Trinajstić information content (AvgIpc) is 2.86. The van der Waals surface area contributed by atoms with Crippen LogP contribution in [0.15, 0.2) is 65.7 Å². The first-order valence-electron chi connectivity index (χ1n) is 8.44. The zero-order valence-electron chi connectivity index (χ0n) is 14.0. The number of rotatable bonds is 3. The Hall–Kier alpha value is -2.62. The normalized spacial score (nSPS) is 14.9. The van der Waals surface area contributed by atoms with Crippen LogP contribution in [0.1, 0.15) is 36.9 Å². The Kier molecular flexibility index (Phi) is 5.26. The number of aliphatic imine (C=N–C) groups is 1. The maximum absolute atomic E-state index is 12.0. The standard InChI is InChI=1S/C20H23N3O/c1-16(24)23-15-9-8-14-21-20(23)22-19(17-10-4-2-5-11-17)18-12-6-3-7-13-18/h2-7,10-13,19H,8-9,14-15H2,1H3,(H,21,22). The molecule has 2 aromatic carbocycles. The maximum Gasteiger partial charge on any atom is 0.226 e. The van der Waals surface area contributed by atoms with E-state index in [4.69, 9.17) is 0 Å². The van der Waals surface area contributed by atoms with Crippen LogP contribution in [0, 0.1) is 0 Å². The lowest BCUT2D eigenvalue weighted by Gasteiger charge is -2.27. The molecule has 2 aromatic rings. The van der Waals surface area contributed by atoms with Crippen LogP contribution in [0.3, 0.4) is 0 Å². The minimum absolute atomic E-state index is 0.0306. The number of carbonyl (C=O) groups is 1. The van der Waals surface area contributed by atoms with Crippen molar-refractivity contribution in [3.8, 4) is 0 Å². The quantitative estimate of drug-likeness (QED) is 0.942. The van der Waals surface area contributed by atoms with Gasteiger partial charge in [0.05, 0.1) is 6.04 Å². The Balaban J connectivity index is 1.94. The van der Waals surface area contributed by atoms with Crippen molar-refractivity contribution in [3.05, 3.63) is 71.8 Å². The van der Waals surface area contributed by atoms with Gasteiger partial charge in [-0.2, -0.15) is 0 Å². The summed E-state index contributed by atoms with van der Waals surface area (Å²) >= 11 is 0. The average molecular weight is 321 g/mol. The van der Waals surface area contributed by atoms with Crippen molar-refractivity contribution < 1.29 is 4.79 Å². The van der Waals surface area contributed by atoms with E-state index in [9.17, 15) is 4.79 Å². The van der Waals surface area contributed by atoms with Crippen molar-refractivity contribution in [2.45, 2.75) is 25.8 Å². The molecule has 0 atom stereocenters. The molecule has 3 rings (SSSR count). The highest BCUT2D eigenvalue weighted by molar-refractivity contribution is 5.96. The maximum atomic E-state index is 12.0. The molecule has 0 spiro atoms. The molecule has 0 aromatic heterocycles. The lowest BCUT2D eigenvalue weighted by molar-refractivity contribution is -0.125. The van der Waals surface area contributed by atoms with Gasteiger partial charge in [0.25, 0.3) is 0 Å². The fraction of sp³-hybridized carbons (Fsp3) is 0.300. The minimum atomic E-state index is -0.0360. The number of carbonyl (C=O) groups excluding carboxylic acids is 1. The van der Waals surface area contributed by atoms with E-state index >= 15 is 0 Å². The van der Waals surface area contributed by atoms with Crippen LogP contribution in [0.2, 0.25) is 0 Å². The van der Waals surface area contributed by atoms with Crippen molar-refractivity contribution in [1.29, 1.82) is 0 Å². The SMILES string of the molecule is CC(=O)N1CCCCN=C1NC(c1ccccc1)c1ccccc1. The molecule has 0 bridgehead atoms. The van der Waals surface area contributed by atoms with Crippen molar-refractivity contribution >= 4 is 11.9 Å². The number of hydrogen-bond donors (Lipinski definition) is 1. The molecule has 0 saturated carbocycles. The second-order valence-corrected chi connectivity index (χ2v) is 5.98. The third-order valence-electron chi connectivity index (χ3n) is 4.23. The fourth-order valence-corrected chi connectivity index (χ4v) is 2.97. The summed E-state index contributed by atoms with van der Waals surface area (Å²) in [5.41, 5.74) is 2.30. The van der Waals surface area contributed by atoms with Crippen molar-refractivity contribution in [2.24, 2.45) is 4.99 Å². The zero-order valence-corrected chi connectivity index (χ0v) is 14.0. The highest BCUT2D eigenvalue weighted by Crippen LogP contribution is 2.22. The smallest absolute Gasteiger partial charge is 0.226 e. The summed E-state index contributed by atoms with van der Waals surface area (Å²) < 4.78 is 0. The lowest BCUT2D eigenvalue weighted by Crippen LogP contribution is -2.45. The first-order chi connectivity index (χ1) is 11.8. The molecule has 0 aliphatic carbocycles. The van der Waals surface area contributed by atoms with Crippen molar-refractivity contribution in [2.75, 3.05) is 13.1 Å². The van der Waals surface area contributed by atoms with E-state index in [0.717, 1.165) is 37.1 Å². The van der Waals surface area contributed by atoms with E-state index in [2.05, 4.69) is 34.6 Å². The molecule has 1 heterocycles. The van der Waals surface area contributed by atoms with E-state index in [0.29, 0.717) is 5.96 Å². The molecule has 0 fully saturated rings. The molecule has 124 valence electrons. The molecule has 1 N–H and O–H groups in total. The molecule has 4 heteroatoms. The summed E-state index contributed by atoms with van der Waals surface area (Å²) in [7, 11) is 0. The lowest BCUT2D eigenvalue weighted by atomic mass is 9.99. The van der Waals surface area contributed by atoms with Crippen molar-refractivity contribution in [3.63, 3.8) is 0 Å². The number of benzene rings is 2. The summed E-state index contributed by atoms with van der Waals surface area (Å²) in [5.74, 6) is 0.709. The number of amides is 1. The predicted octanol–water partition coefficient (Wildman–Crippen LogP) is 3.36. The Morgan fingerprint density at radius 2 is 1.58 bits per heavy atom. The third-order valence-corrected chi connectivity index (χ3v) is 4.23. The Bertz CT molecular complexity index is 658. The first-order valence-corrected chi connectivity index (χ1v) is 8.44. The van der Waals surface area contributed by atoms with Gasteiger partial charge in [0.15, 0.2) is 0 Å². The Morgan fingerprint density at radius 1 is 1.00 bits per heavy atom. The Labute approximate surface area is 143 Å². The number of hydrogen-bond acceptors (Lipinski definition) is 3. The van der Waals surface area contributed by atoms with Gasteiger partial charge in [-0.1, -0.05) is 60.7 Å². The number of nitrogens with zero attached hydrogens (tertiary/aromatic N) is 2. The summed E-state index contributed by atoms with van der Waals surface area (Å²) in [6, 6.07) is 20.5. The van der Waals surface area contributed by atoms with E-state index in [1.165, 1.54) is 0 Å². The first kappa shape index (κ1) is 16.2. The number of guanidine groups is 1. The number of nitrogens with one attached hydrogen (secondary N) is 1. The monoisotopic (exact) mass is 321 g/mol. The van der Waals surface area contributed by atoms with Gasteiger partial charge < -0.3 is 5.32 Å². The van der Waals surface area contributed by atoms with Crippen LogP contribution in [0.25, 0.3) is 0 Å². The van der Waals surface area contributed by atoms with Gasteiger partial charge in [0.2, 0.25) is 11.9 Å². The fourth-order valence-electron chi connectivity index (χ4n) is 2.97. The Morgan fingerprint density at radius 3 is 2.12 bits per heavy atom. The molecular weight excluding hydrogens is 298 g/mol. The van der Waals surface area contributed by atoms with Crippen LogP contribution >= 0.6 is 0 Å². The summed E-state index contributed by atoms with van der Waals surface area (Å²) in [6.07, 6.45) is 1.99. The molecule has 0 unspecified atom stereocenters. The molecule has 24 heavy (non-hydrogen) atoms. The molecule has 0 radical (unpaired) electrons. The summed E-state index contributed by atoms with van der Waals surface area (Å²) in [6.45, 7) is 3.07. The second-order valence-electron chi connectivity index (χ2n) is 5.98. The minimum Gasteiger partial charge on any atom is -0.345 e. The second kappa shape index (κ2) is 7.77. The van der Waals surface area contributed by atoms with Gasteiger partial charge in [-0.15, -0.1) is 0 Å². The highest BCUT2D eigenvalue weighted by Gasteiger charge is 2.22. The molecule has 1 aliphatic heterocycles. The molecular formula is C20H23N3O. The molecule has 0 saturated heterocycles.